The molecule has 1 fully saturated rings. The van der Waals surface area contributed by atoms with Gasteiger partial charge in [-0.25, -0.2) is 9.59 Å². The van der Waals surface area contributed by atoms with Crippen molar-refractivity contribution >= 4 is 11.9 Å². The lowest BCUT2D eigenvalue weighted by Gasteiger charge is -2.43. The fourth-order valence-corrected chi connectivity index (χ4v) is 4.02. The first-order chi connectivity index (χ1) is 18.0. The van der Waals surface area contributed by atoms with E-state index in [-0.39, 0.29) is 25.0 Å². The summed E-state index contributed by atoms with van der Waals surface area (Å²) < 4.78 is 34.6. The number of ether oxygens (including phenoxy) is 6. The molecule has 0 bridgehead atoms. The van der Waals surface area contributed by atoms with Gasteiger partial charge < -0.3 is 28.4 Å². The Balaban J connectivity index is 1.60. The highest BCUT2D eigenvalue weighted by Crippen LogP contribution is 2.34. The number of esters is 2. The van der Waals surface area contributed by atoms with Crippen LogP contribution in [0.1, 0.15) is 47.9 Å². The van der Waals surface area contributed by atoms with E-state index in [1.165, 1.54) is 0 Å². The molecule has 1 saturated heterocycles. The van der Waals surface area contributed by atoms with Crippen LogP contribution in [0.2, 0.25) is 0 Å². The van der Waals surface area contributed by atoms with E-state index in [0.29, 0.717) is 37.6 Å². The van der Waals surface area contributed by atoms with Crippen molar-refractivity contribution in [1.29, 1.82) is 0 Å². The summed E-state index contributed by atoms with van der Waals surface area (Å²) in [7, 11) is 0. The molecule has 202 valence electrons. The summed E-state index contributed by atoms with van der Waals surface area (Å²) in [6.07, 6.45) is -0.942. The van der Waals surface area contributed by atoms with Crippen LogP contribution in [0.25, 0.3) is 0 Å². The van der Waals surface area contributed by atoms with Crippen LogP contribution in [0.4, 0.5) is 0 Å². The number of carbonyl (C=O) groups excluding carboxylic acids is 2. The number of hydrogen-bond acceptors (Lipinski definition) is 8. The maximum Gasteiger partial charge on any atom is 0.338 e. The molecule has 8 nitrogen and oxygen atoms in total. The second-order valence-corrected chi connectivity index (χ2v) is 9.06. The van der Waals surface area contributed by atoms with Crippen molar-refractivity contribution in [1.82, 2.24) is 0 Å². The van der Waals surface area contributed by atoms with Gasteiger partial charge in [-0.1, -0.05) is 57.2 Å². The van der Waals surface area contributed by atoms with E-state index in [4.69, 9.17) is 28.4 Å². The van der Waals surface area contributed by atoms with Crippen LogP contribution in [0.5, 0.6) is 0 Å². The second kappa shape index (κ2) is 15.5. The molecule has 2 aromatic carbocycles. The van der Waals surface area contributed by atoms with Crippen molar-refractivity contribution in [2.75, 3.05) is 39.6 Å². The summed E-state index contributed by atoms with van der Waals surface area (Å²) >= 11 is 0. The monoisotopic (exact) mass is 514 g/mol. The maximum atomic E-state index is 12.8. The van der Waals surface area contributed by atoms with E-state index < -0.39 is 30.4 Å². The summed E-state index contributed by atoms with van der Waals surface area (Å²) in [4.78, 5) is 25.3. The van der Waals surface area contributed by atoms with Crippen LogP contribution in [-0.4, -0.2) is 70.1 Å². The van der Waals surface area contributed by atoms with E-state index in [0.717, 1.165) is 6.42 Å². The first-order valence-corrected chi connectivity index (χ1v) is 12.9. The van der Waals surface area contributed by atoms with Crippen molar-refractivity contribution in [3.8, 4) is 0 Å². The van der Waals surface area contributed by atoms with Crippen molar-refractivity contribution in [3.63, 3.8) is 0 Å². The highest BCUT2D eigenvalue weighted by atomic mass is 16.7. The van der Waals surface area contributed by atoms with Gasteiger partial charge in [0.2, 0.25) is 0 Å². The minimum Gasteiger partial charge on any atom is -0.459 e. The van der Waals surface area contributed by atoms with E-state index in [9.17, 15) is 9.59 Å². The molecule has 1 aliphatic rings. The van der Waals surface area contributed by atoms with Gasteiger partial charge in [0, 0.05) is 12.5 Å². The molecule has 0 aliphatic carbocycles. The quantitative estimate of drug-likeness (QED) is 0.268. The number of hydrogen-bond donors (Lipinski definition) is 0. The second-order valence-electron chi connectivity index (χ2n) is 9.06. The highest BCUT2D eigenvalue weighted by Gasteiger charge is 2.45. The van der Waals surface area contributed by atoms with Crippen LogP contribution in [0.15, 0.2) is 60.7 Å². The normalized spacial score (nSPS) is 23.4. The predicted octanol–water partition coefficient (Wildman–Crippen LogP) is 4.53. The van der Waals surface area contributed by atoms with E-state index in [2.05, 4.69) is 6.92 Å². The number of carbonyl (C=O) groups is 2. The van der Waals surface area contributed by atoms with E-state index in [1.807, 2.05) is 26.0 Å². The van der Waals surface area contributed by atoms with Gasteiger partial charge in [0.05, 0.1) is 43.7 Å². The molecular formula is C29H38O8. The standard InChI is InChI=1S/C29H38O8/c1-4-15-32-16-17-33-18-19-34-29-26(37-28(31)24-13-9-6-10-14-24)22(3)21(2)25(36-29)20-35-27(30)23-11-7-5-8-12-23/h5-14,21-22,25-26,29H,4,15-20H2,1-3H3/t21-,22-,25?,26?,29-/m0/s1. The largest absolute Gasteiger partial charge is 0.459 e. The zero-order valence-corrected chi connectivity index (χ0v) is 21.9. The first-order valence-electron chi connectivity index (χ1n) is 12.9. The smallest absolute Gasteiger partial charge is 0.338 e. The molecule has 1 aliphatic heterocycles. The lowest BCUT2D eigenvalue weighted by atomic mass is 9.83. The third-order valence-electron chi connectivity index (χ3n) is 6.38. The van der Waals surface area contributed by atoms with Gasteiger partial charge in [0.15, 0.2) is 12.4 Å². The Labute approximate surface area is 219 Å². The van der Waals surface area contributed by atoms with Gasteiger partial charge in [-0.2, -0.15) is 0 Å². The molecule has 0 amide bonds. The predicted molar refractivity (Wildman–Crippen MR) is 137 cm³/mol. The van der Waals surface area contributed by atoms with Crippen LogP contribution in [0.3, 0.4) is 0 Å². The summed E-state index contributed by atoms with van der Waals surface area (Å²) in [5, 5.41) is 0. The third kappa shape index (κ3) is 8.93. The molecule has 2 aromatic rings. The summed E-state index contributed by atoms with van der Waals surface area (Å²) in [5.74, 6) is -1.04. The molecule has 37 heavy (non-hydrogen) atoms. The van der Waals surface area contributed by atoms with Crippen molar-refractivity contribution in [2.45, 2.75) is 45.7 Å². The summed E-state index contributed by atoms with van der Waals surface area (Å²) in [6, 6.07) is 17.6. The number of benzene rings is 2. The highest BCUT2D eigenvalue weighted by molar-refractivity contribution is 5.89. The molecule has 0 spiro atoms. The fraction of sp³-hybridized carbons (Fsp3) is 0.517. The minimum absolute atomic E-state index is 0.0592. The molecule has 0 N–H and O–H groups in total. The molecular weight excluding hydrogens is 476 g/mol. The number of rotatable bonds is 14. The Morgan fingerprint density at radius 3 is 1.95 bits per heavy atom. The lowest BCUT2D eigenvalue weighted by Crippen LogP contribution is -2.53. The van der Waals surface area contributed by atoms with Crippen molar-refractivity contribution < 1.29 is 38.0 Å². The Hall–Kier alpha value is -2.78. The van der Waals surface area contributed by atoms with Gasteiger partial charge in [-0.3, -0.25) is 0 Å². The summed E-state index contributed by atoms with van der Waals surface area (Å²) in [6.45, 7) is 8.37. The maximum absolute atomic E-state index is 12.8. The first kappa shape index (κ1) is 28.8. The average molecular weight is 515 g/mol. The Bertz CT molecular complexity index is 933. The molecule has 0 aromatic heterocycles. The zero-order chi connectivity index (χ0) is 26.5. The van der Waals surface area contributed by atoms with Gasteiger partial charge in [-0.05, 0) is 36.6 Å². The molecule has 0 radical (unpaired) electrons. The molecule has 8 heteroatoms. The molecule has 2 unspecified atom stereocenters. The van der Waals surface area contributed by atoms with Crippen LogP contribution < -0.4 is 0 Å². The lowest BCUT2D eigenvalue weighted by molar-refractivity contribution is -0.276. The van der Waals surface area contributed by atoms with Crippen molar-refractivity contribution in [2.24, 2.45) is 11.8 Å². The Kier molecular flexibility index (Phi) is 12.0. The van der Waals surface area contributed by atoms with Crippen LogP contribution >= 0.6 is 0 Å². The minimum atomic E-state index is -0.834. The third-order valence-corrected chi connectivity index (χ3v) is 6.38. The Morgan fingerprint density at radius 1 is 0.757 bits per heavy atom. The van der Waals surface area contributed by atoms with Crippen LogP contribution in [0, 0.1) is 11.8 Å². The molecule has 3 rings (SSSR count). The van der Waals surface area contributed by atoms with E-state index >= 15 is 0 Å². The van der Waals surface area contributed by atoms with Gasteiger partial charge >= 0.3 is 11.9 Å². The SMILES string of the molecule is CCCOCCOCCO[C@H]1OC(COC(=O)c2ccccc2)[C@@H](C)[C@H](C)C1OC(=O)c1ccccc1. The topological polar surface area (TPSA) is 89.5 Å². The Morgan fingerprint density at radius 2 is 1.32 bits per heavy atom. The average Bonchev–Trinajstić information content (AvgIpc) is 2.93. The van der Waals surface area contributed by atoms with E-state index in [1.54, 1.807) is 48.5 Å². The van der Waals surface area contributed by atoms with Crippen molar-refractivity contribution in [3.05, 3.63) is 71.8 Å². The summed E-state index contributed by atoms with van der Waals surface area (Å²) in [5.41, 5.74) is 0.928. The zero-order valence-electron chi connectivity index (χ0n) is 21.9. The molecule has 0 saturated carbocycles. The fourth-order valence-electron chi connectivity index (χ4n) is 4.02. The van der Waals surface area contributed by atoms with Gasteiger partial charge in [0.25, 0.3) is 0 Å². The van der Waals surface area contributed by atoms with Gasteiger partial charge in [0.1, 0.15) is 6.61 Å². The molecule has 5 atom stereocenters. The van der Waals surface area contributed by atoms with Gasteiger partial charge in [-0.15, -0.1) is 0 Å². The molecule has 1 heterocycles. The van der Waals surface area contributed by atoms with Crippen LogP contribution in [-0.2, 0) is 28.4 Å².